The molecule has 1 aromatic rings. The summed E-state index contributed by atoms with van der Waals surface area (Å²) in [7, 11) is 0. The Bertz CT molecular complexity index is 309. The number of pyridine rings is 1. The second kappa shape index (κ2) is 4.94. The number of anilines is 1. The lowest BCUT2D eigenvalue weighted by Crippen LogP contribution is -2.38. The second-order valence-electron chi connectivity index (χ2n) is 4.23. The van der Waals surface area contributed by atoms with Crippen LogP contribution in [0.5, 0.6) is 0 Å². The summed E-state index contributed by atoms with van der Waals surface area (Å²) < 4.78 is 0.948. The minimum Gasteiger partial charge on any atom is -0.388 e. The third-order valence-electron chi connectivity index (χ3n) is 2.60. The molecule has 15 heavy (non-hydrogen) atoms. The number of nitrogens with one attached hydrogen (secondary N) is 1. The first kappa shape index (κ1) is 12.5. The normalized spacial score (nSPS) is 15.1. The van der Waals surface area contributed by atoms with E-state index in [4.69, 9.17) is 0 Å². The highest BCUT2D eigenvalue weighted by Crippen LogP contribution is 2.17. The topological polar surface area (TPSA) is 45.1 Å². The summed E-state index contributed by atoms with van der Waals surface area (Å²) in [4.78, 5) is 4.17. The van der Waals surface area contributed by atoms with Gasteiger partial charge in [-0.3, -0.25) is 0 Å². The van der Waals surface area contributed by atoms with E-state index in [2.05, 4.69) is 26.2 Å². The van der Waals surface area contributed by atoms with Gasteiger partial charge in [0.1, 0.15) is 5.82 Å². The maximum absolute atomic E-state index is 10.0. The number of rotatable bonds is 4. The number of halogens is 1. The zero-order chi connectivity index (χ0) is 11.5. The van der Waals surface area contributed by atoms with Gasteiger partial charge in [0.05, 0.1) is 5.60 Å². The number of aliphatic hydroxyl groups is 1. The van der Waals surface area contributed by atoms with Crippen LogP contribution in [0.1, 0.15) is 20.8 Å². The molecule has 1 aromatic heterocycles. The van der Waals surface area contributed by atoms with Gasteiger partial charge in [0.2, 0.25) is 0 Å². The van der Waals surface area contributed by atoms with Crippen molar-refractivity contribution in [3.63, 3.8) is 0 Å². The van der Waals surface area contributed by atoms with Crippen molar-refractivity contribution in [3.8, 4) is 0 Å². The molecule has 1 atom stereocenters. The van der Waals surface area contributed by atoms with Crippen LogP contribution >= 0.6 is 15.9 Å². The zero-order valence-corrected chi connectivity index (χ0v) is 10.9. The number of hydrogen-bond acceptors (Lipinski definition) is 3. The Morgan fingerprint density at radius 2 is 2.20 bits per heavy atom. The quantitative estimate of drug-likeness (QED) is 0.886. The molecule has 0 saturated carbocycles. The summed E-state index contributed by atoms with van der Waals surface area (Å²) in [5.74, 6) is 0.986. The molecule has 0 radical (unpaired) electrons. The van der Waals surface area contributed by atoms with Crippen LogP contribution in [0.25, 0.3) is 0 Å². The van der Waals surface area contributed by atoms with Gasteiger partial charge in [0.25, 0.3) is 0 Å². The predicted octanol–water partition coefficient (Wildman–Crippen LogP) is 2.66. The summed E-state index contributed by atoms with van der Waals surface area (Å²) >= 11 is 3.32. The van der Waals surface area contributed by atoms with Crippen LogP contribution < -0.4 is 5.32 Å². The minimum absolute atomic E-state index is 0.209. The van der Waals surface area contributed by atoms with E-state index in [0.29, 0.717) is 6.54 Å². The average Bonchev–Trinajstić information content (AvgIpc) is 2.17. The van der Waals surface area contributed by atoms with E-state index in [1.165, 1.54) is 0 Å². The first-order valence-electron chi connectivity index (χ1n) is 4.99. The lowest BCUT2D eigenvalue weighted by molar-refractivity contribution is 0.0265. The largest absolute Gasteiger partial charge is 0.388 e. The molecule has 0 unspecified atom stereocenters. The maximum atomic E-state index is 10.0. The molecular weight excluding hydrogens is 256 g/mol. The Morgan fingerprint density at radius 1 is 1.53 bits per heavy atom. The third kappa shape index (κ3) is 3.80. The van der Waals surface area contributed by atoms with Gasteiger partial charge in [-0.15, -0.1) is 0 Å². The Morgan fingerprint density at radius 3 is 2.67 bits per heavy atom. The van der Waals surface area contributed by atoms with E-state index in [1.807, 2.05) is 32.9 Å². The second-order valence-corrected chi connectivity index (χ2v) is 5.14. The smallest absolute Gasteiger partial charge is 0.126 e. The van der Waals surface area contributed by atoms with Crippen molar-refractivity contribution in [2.45, 2.75) is 26.4 Å². The molecule has 0 amide bonds. The lowest BCUT2D eigenvalue weighted by Gasteiger charge is -2.28. The Labute approximate surface area is 99.1 Å². The van der Waals surface area contributed by atoms with Crippen molar-refractivity contribution in [3.05, 3.63) is 22.8 Å². The number of hydrogen-bond donors (Lipinski definition) is 2. The van der Waals surface area contributed by atoms with E-state index >= 15 is 0 Å². The molecule has 0 spiro atoms. The first-order chi connectivity index (χ1) is 6.92. The fourth-order valence-electron chi connectivity index (χ4n) is 0.954. The molecule has 0 aliphatic rings. The molecule has 1 rings (SSSR count). The average molecular weight is 273 g/mol. The van der Waals surface area contributed by atoms with Crippen LogP contribution in [0.3, 0.4) is 0 Å². The molecule has 0 bridgehead atoms. The van der Waals surface area contributed by atoms with Crippen LogP contribution in [0.4, 0.5) is 5.82 Å². The van der Waals surface area contributed by atoms with Gasteiger partial charge in [-0.25, -0.2) is 4.98 Å². The summed E-state index contributed by atoms with van der Waals surface area (Å²) in [5, 5.41) is 13.1. The van der Waals surface area contributed by atoms with Crippen LogP contribution in [0.15, 0.2) is 22.8 Å². The van der Waals surface area contributed by atoms with Crippen LogP contribution in [0.2, 0.25) is 0 Å². The molecule has 0 aliphatic heterocycles. The van der Waals surface area contributed by atoms with Crippen LogP contribution in [0, 0.1) is 5.92 Å². The van der Waals surface area contributed by atoms with Gasteiger partial charge in [0.15, 0.2) is 0 Å². The fraction of sp³-hybridized carbons (Fsp3) is 0.545. The SMILES string of the molecule is CC(C)[C@@](C)(O)CNc1ccc(Br)cn1. The molecule has 0 aliphatic carbocycles. The molecule has 4 heteroatoms. The van der Waals surface area contributed by atoms with Gasteiger partial charge in [-0.1, -0.05) is 13.8 Å². The molecule has 0 aromatic carbocycles. The highest BCUT2D eigenvalue weighted by molar-refractivity contribution is 9.10. The zero-order valence-electron chi connectivity index (χ0n) is 9.29. The van der Waals surface area contributed by atoms with E-state index < -0.39 is 5.60 Å². The first-order valence-corrected chi connectivity index (χ1v) is 5.79. The van der Waals surface area contributed by atoms with E-state index in [0.717, 1.165) is 10.3 Å². The molecular formula is C11H17BrN2O. The lowest BCUT2D eigenvalue weighted by atomic mass is 9.93. The van der Waals surface area contributed by atoms with E-state index in [1.54, 1.807) is 6.20 Å². The molecule has 2 N–H and O–H groups in total. The summed E-state index contributed by atoms with van der Waals surface area (Å²) in [6.07, 6.45) is 1.73. The Kier molecular flexibility index (Phi) is 4.11. The molecule has 84 valence electrons. The van der Waals surface area contributed by atoms with Gasteiger partial charge < -0.3 is 10.4 Å². The predicted molar refractivity (Wildman–Crippen MR) is 65.9 cm³/mol. The summed E-state index contributed by atoms with van der Waals surface area (Å²) in [5.41, 5.74) is -0.714. The van der Waals surface area contributed by atoms with Crippen LogP contribution in [-0.4, -0.2) is 22.2 Å². The van der Waals surface area contributed by atoms with Crippen molar-refractivity contribution in [2.24, 2.45) is 5.92 Å². The van der Waals surface area contributed by atoms with E-state index in [-0.39, 0.29) is 5.92 Å². The van der Waals surface area contributed by atoms with Gasteiger partial charge in [0, 0.05) is 17.2 Å². The van der Waals surface area contributed by atoms with Gasteiger partial charge >= 0.3 is 0 Å². The van der Waals surface area contributed by atoms with Gasteiger partial charge in [-0.05, 0) is 40.9 Å². The van der Waals surface area contributed by atoms with Crippen LogP contribution in [-0.2, 0) is 0 Å². The van der Waals surface area contributed by atoms with Crippen molar-refractivity contribution in [2.75, 3.05) is 11.9 Å². The standard InChI is InChI=1S/C11H17BrN2O/c1-8(2)11(3,15)7-14-10-5-4-9(12)6-13-10/h4-6,8,15H,7H2,1-3H3,(H,13,14)/t11-/m0/s1. The summed E-state index contributed by atoms with van der Waals surface area (Å²) in [6.45, 7) is 6.32. The molecule has 0 fully saturated rings. The molecule has 3 nitrogen and oxygen atoms in total. The van der Waals surface area contributed by atoms with E-state index in [9.17, 15) is 5.11 Å². The van der Waals surface area contributed by atoms with Crippen molar-refractivity contribution in [1.82, 2.24) is 4.98 Å². The molecule has 0 saturated heterocycles. The minimum atomic E-state index is -0.714. The summed E-state index contributed by atoms with van der Waals surface area (Å²) in [6, 6.07) is 3.79. The fourth-order valence-corrected chi connectivity index (χ4v) is 1.19. The highest BCUT2D eigenvalue weighted by Gasteiger charge is 2.24. The maximum Gasteiger partial charge on any atom is 0.126 e. The number of nitrogens with zero attached hydrogens (tertiary/aromatic N) is 1. The van der Waals surface area contributed by atoms with Crippen molar-refractivity contribution < 1.29 is 5.11 Å². The highest BCUT2D eigenvalue weighted by atomic mass is 79.9. The number of aromatic nitrogens is 1. The monoisotopic (exact) mass is 272 g/mol. The molecule has 1 heterocycles. The Hall–Kier alpha value is -0.610. The van der Waals surface area contributed by atoms with Crippen molar-refractivity contribution in [1.29, 1.82) is 0 Å². The third-order valence-corrected chi connectivity index (χ3v) is 3.07. The van der Waals surface area contributed by atoms with Gasteiger partial charge in [-0.2, -0.15) is 0 Å². The Balaban J connectivity index is 2.54. The van der Waals surface area contributed by atoms with Crippen molar-refractivity contribution >= 4 is 21.7 Å².